The van der Waals surface area contributed by atoms with Crippen LogP contribution in [0, 0.1) is 0 Å². The Morgan fingerprint density at radius 1 is 1.14 bits per heavy atom. The molecule has 1 aliphatic heterocycles. The van der Waals surface area contributed by atoms with E-state index in [9.17, 15) is 18.0 Å². The van der Waals surface area contributed by atoms with E-state index in [-0.39, 0.29) is 5.69 Å². The molecule has 0 aliphatic carbocycles. The summed E-state index contributed by atoms with van der Waals surface area (Å²) in [6, 6.07) is 4.23. The molecular weight excluding hydrogens is 295 g/mol. The van der Waals surface area contributed by atoms with Gasteiger partial charge in [-0.05, 0) is 30.5 Å². The molecule has 2 aromatic rings. The van der Waals surface area contributed by atoms with Gasteiger partial charge in [-0.3, -0.25) is 0 Å². The molecule has 1 N–H and O–H groups in total. The van der Waals surface area contributed by atoms with E-state index >= 15 is 0 Å². The molecule has 0 amide bonds. The lowest BCUT2D eigenvalue weighted by molar-refractivity contribution is -0.137. The summed E-state index contributed by atoms with van der Waals surface area (Å²) < 4.78 is 40.1. The van der Waals surface area contributed by atoms with Crippen LogP contribution >= 0.6 is 0 Å². The van der Waals surface area contributed by atoms with Gasteiger partial charge >= 0.3 is 11.9 Å². The third kappa shape index (κ3) is 2.84. The molecule has 2 heterocycles. The maximum Gasteiger partial charge on any atom is 0.418 e. The van der Waals surface area contributed by atoms with Crippen molar-refractivity contribution in [2.75, 3.05) is 18.0 Å². The summed E-state index contributed by atoms with van der Waals surface area (Å²) in [4.78, 5) is 18.6. The number of hydrogen-bond donors (Lipinski definition) is 1. The Morgan fingerprint density at radius 2 is 1.86 bits per heavy atom. The van der Waals surface area contributed by atoms with Gasteiger partial charge in [0.2, 0.25) is 0 Å². The van der Waals surface area contributed by atoms with Crippen LogP contribution in [0.4, 0.5) is 18.9 Å². The average molecular weight is 309 g/mol. The van der Waals surface area contributed by atoms with Gasteiger partial charge in [0.25, 0.3) is 0 Å². The second-order valence-electron chi connectivity index (χ2n) is 5.23. The van der Waals surface area contributed by atoms with Gasteiger partial charge in [0.15, 0.2) is 0 Å². The monoisotopic (exact) mass is 309 g/mol. The van der Waals surface area contributed by atoms with Gasteiger partial charge in [-0.1, -0.05) is 6.07 Å². The zero-order valence-electron chi connectivity index (χ0n) is 11.7. The standard InChI is InChI=1S/C15H14F3N3O/c16-15(17,18)12-7-10(11-8-19-14(22)20-9-11)3-4-13(12)21-5-1-2-6-21/h3-4,7-9H,1-2,5-6H2,(H,19,20,22). The summed E-state index contributed by atoms with van der Waals surface area (Å²) in [5, 5.41) is 0. The molecule has 1 aromatic heterocycles. The lowest BCUT2D eigenvalue weighted by Crippen LogP contribution is -2.22. The number of alkyl halides is 3. The SMILES string of the molecule is O=c1ncc(-c2ccc(N3CCCC3)c(C(F)(F)F)c2)c[nH]1. The van der Waals surface area contributed by atoms with E-state index in [0.717, 1.165) is 18.9 Å². The van der Waals surface area contributed by atoms with Crippen molar-refractivity contribution in [3.8, 4) is 11.1 Å². The van der Waals surface area contributed by atoms with Gasteiger partial charge in [-0.15, -0.1) is 0 Å². The smallest absolute Gasteiger partial charge is 0.371 e. The van der Waals surface area contributed by atoms with E-state index in [4.69, 9.17) is 0 Å². The molecule has 0 radical (unpaired) electrons. The van der Waals surface area contributed by atoms with Crippen molar-refractivity contribution in [3.05, 3.63) is 46.6 Å². The number of hydrogen-bond acceptors (Lipinski definition) is 3. The Hall–Kier alpha value is -2.31. The molecule has 0 bridgehead atoms. The molecule has 0 atom stereocenters. The predicted octanol–water partition coefficient (Wildman–Crippen LogP) is 3.06. The van der Waals surface area contributed by atoms with E-state index in [1.54, 1.807) is 11.0 Å². The number of halogens is 3. The van der Waals surface area contributed by atoms with E-state index < -0.39 is 17.4 Å². The fourth-order valence-corrected chi connectivity index (χ4v) is 2.68. The van der Waals surface area contributed by atoms with Crippen LogP contribution in [0.2, 0.25) is 0 Å². The number of nitrogens with zero attached hydrogens (tertiary/aromatic N) is 2. The number of aromatic nitrogens is 2. The molecule has 0 saturated carbocycles. The maximum atomic E-state index is 13.4. The summed E-state index contributed by atoms with van der Waals surface area (Å²) in [6.45, 7) is 1.28. The highest BCUT2D eigenvalue weighted by molar-refractivity contribution is 5.68. The Bertz CT molecular complexity index is 713. The van der Waals surface area contributed by atoms with Gasteiger partial charge in [-0.2, -0.15) is 13.2 Å². The molecular formula is C15H14F3N3O. The van der Waals surface area contributed by atoms with Crippen molar-refractivity contribution in [1.82, 2.24) is 9.97 Å². The largest absolute Gasteiger partial charge is 0.418 e. The lowest BCUT2D eigenvalue weighted by Gasteiger charge is -2.23. The number of benzene rings is 1. The molecule has 4 nitrogen and oxygen atoms in total. The number of anilines is 1. The highest BCUT2D eigenvalue weighted by Crippen LogP contribution is 2.39. The molecule has 1 aromatic carbocycles. The summed E-state index contributed by atoms with van der Waals surface area (Å²) in [6.07, 6.45) is 0.0134. The van der Waals surface area contributed by atoms with Crippen molar-refractivity contribution >= 4 is 5.69 Å². The second kappa shape index (κ2) is 5.47. The molecule has 1 saturated heterocycles. The van der Waals surface area contributed by atoms with E-state index in [1.165, 1.54) is 18.5 Å². The first-order valence-electron chi connectivity index (χ1n) is 6.96. The third-order valence-corrected chi connectivity index (χ3v) is 3.75. The quantitative estimate of drug-likeness (QED) is 0.927. The molecule has 0 unspecified atom stereocenters. The second-order valence-corrected chi connectivity index (χ2v) is 5.23. The van der Waals surface area contributed by atoms with Crippen molar-refractivity contribution in [2.24, 2.45) is 0 Å². The summed E-state index contributed by atoms with van der Waals surface area (Å²) >= 11 is 0. The highest BCUT2D eigenvalue weighted by atomic mass is 19.4. The fraction of sp³-hybridized carbons (Fsp3) is 0.333. The lowest BCUT2D eigenvalue weighted by atomic mass is 10.0. The zero-order chi connectivity index (χ0) is 15.7. The third-order valence-electron chi connectivity index (χ3n) is 3.75. The van der Waals surface area contributed by atoms with Crippen LogP contribution in [0.15, 0.2) is 35.4 Å². The van der Waals surface area contributed by atoms with Gasteiger partial charge in [0, 0.05) is 36.7 Å². The maximum absolute atomic E-state index is 13.4. The molecule has 7 heteroatoms. The first-order valence-corrected chi connectivity index (χ1v) is 6.96. The fourth-order valence-electron chi connectivity index (χ4n) is 2.68. The topological polar surface area (TPSA) is 49.0 Å². The molecule has 0 spiro atoms. The van der Waals surface area contributed by atoms with Crippen molar-refractivity contribution < 1.29 is 13.2 Å². The first-order chi connectivity index (χ1) is 10.4. The summed E-state index contributed by atoms with van der Waals surface area (Å²) in [5.41, 5.74) is -0.158. The number of H-pyrrole nitrogens is 1. The average Bonchev–Trinajstić information content (AvgIpc) is 3.01. The Labute approximate surface area is 124 Å². The van der Waals surface area contributed by atoms with E-state index in [1.807, 2.05) is 0 Å². The summed E-state index contributed by atoms with van der Waals surface area (Å²) in [7, 11) is 0. The molecule has 116 valence electrons. The Kier molecular flexibility index (Phi) is 3.64. The van der Waals surface area contributed by atoms with Gasteiger partial charge in [-0.25, -0.2) is 9.78 Å². The molecule has 22 heavy (non-hydrogen) atoms. The number of aromatic amines is 1. The van der Waals surface area contributed by atoms with Gasteiger partial charge in [0.05, 0.1) is 5.56 Å². The van der Waals surface area contributed by atoms with Gasteiger partial charge in [0.1, 0.15) is 0 Å². The van der Waals surface area contributed by atoms with Crippen LogP contribution in [0.1, 0.15) is 18.4 Å². The van der Waals surface area contributed by atoms with Crippen LogP contribution in [0.3, 0.4) is 0 Å². The Morgan fingerprint density at radius 3 is 2.45 bits per heavy atom. The molecule has 1 aliphatic rings. The first kappa shape index (κ1) is 14.6. The predicted molar refractivity (Wildman–Crippen MR) is 76.7 cm³/mol. The minimum Gasteiger partial charge on any atom is -0.371 e. The van der Waals surface area contributed by atoms with Crippen molar-refractivity contribution in [3.63, 3.8) is 0 Å². The van der Waals surface area contributed by atoms with Gasteiger partial charge < -0.3 is 9.88 Å². The van der Waals surface area contributed by atoms with Crippen molar-refractivity contribution in [1.29, 1.82) is 0 Å². The van der Waals surface area contributed by atoms with Crippen LogP contribution < -0.4 is 10.6 Å². The number of nitrogens with one attached hydrogen (secondary N) is 1. The van der Waals surface area contributed by atoms with Crippen LogP contribution in [0.5, 0.6) is 0 Å². The van der Waals surface area contributed by atoms with E-state index in [0.29, 0.717) is 24.2 Å². The minimum atomic E-state index is -4.43. The zero-order valence-corrected chi connectivity index (χ0v) is 11.7. The molecule has 3 rings (SSSR count). The summed E-state index contributed by atoms with van der Waals surface area (Å²) in [5.74, 6) is 0. The van der Waals surface area contributed by atoms with E-state index in [2.05, 4.69) is 9.97 Å². The highest BCUT2D eigenvalue weighted by Gasteiger charge is 2.35. The van der Waals surface area contributed by atoms with Crippen LogP contribution in [-0.2, 0) is 6.18 Å². The van der Waals surface area contributed by atoms with Crippen LogP contribution in [-0.4, -0.2) is 23.1 Å². The minimum absolute atomic E-state index is 0.214. The normalized spacial score (nSPS) is 15.3. The molecule has 1 fully saturated rings. The van der Waals surface area contributed by atoms with Crippen molar-refractivity contribution in [2.45, 2.75) is 19.0 Å². The Balaban J connectivity index is 2.07. The van der Waals surface area contributed by atoms with Crippen LogP contribution in [0.25, 0.3) is 11.1 Å². The number of rotatable bonds is 2.